The summed E-state index contributed by atoms with van der Waals surface area (Å²) in [4.78, 5) is 6.79. The minimum Gasteiger partial charge on any atom is -0.338 e. The highest BCUT2D eigenvalue weighted by molar-refractivity contribution is 6.30. The van der Waals surface area contributed by atoms with E-state index in [-0.39, 0.29) is 12.4 Å². The Balaban J connectivity index is 0.00000176. The van der Waals surface area contributed by atoms with Gasteiger partial charge in [0.15, 0.2) is 0 Å². The lowest BCUT2D eigenvalue weighted by atomic mass is 9.98. The first-order valence-corrected chi connectivity index (χ1v) is 7.63. The summed E-state index contributed by atoms with van der Waals surface area (Å²) in [5, 5.41) is 4.74. The van der Waals surface area contributed by atoms with Gasteiger partial charge in [-0.15, -0.1) is 12.4 Å². The third-order valence-electron chi connectivity index (χ3n) is 3.87. The standard InChI is InChI=1S/C15H19ClN4O.ClH/c16-13-5-3-12(4-6-13)15-18-14(21-19-15)10-20-7-1-2-11(8-17)9-20;/h3-6,11H,1-2,7-10,17H2;1H. The average Bonchev–Trinajstić information content (AvgIpc) is 2.96. The summed E-state index contributed by atoms with van der Waals surface area (Å²) in [7, 11) is 0. The molecule has 1 atom stereocenters. The molecule has 120 valence electrons. The molecule has 1 aliphatic rings. The fourth-order valence-electron chi connectivity index (χ4n) is 2.71. The molecule has 5 nitrogen and oxygen atoms in total. The molecule has 7 heteroatoms. The highest BCUT2D eigenvalue weighted by atomic mass is 35.5. The molecular formula is C15H20Cl2N4O. The van der Waals surface area contributed by atoms with Crippen molar-refractivity contribution < 1.29 is 4.52 Å². The van der Waals surface area contributed by atoms with Crippen LogP contribution in [0.25, 0.3) is 11.4 Å². The topological polar surface area (TPSA) is 68.2 Å². The van der Waals surface area contributed by atoms with Gasteiger partial charge in [-0.1, -0.05) is 16.8 Å². The van der Waals surface area contributed by atoms with Crippen molar-refractivity contribution in [3.63, 3.8) is 0 Å². The van der Waals surface area contributed by atoms with Gasteiger partial charge in [-0.05, 0) is 56.1 Å². The predicted molar refractivity (Wildman–Crippen MR) is 89.0 cm³/mol. The number of nitrogens with zero attached hydrogens (tertiary/aromatic N) is 3. The van der Waals surface area contributed by atoms with Crippen LogP contribution in [0.3, 0.4) is 0 Å². The van der Waals surface area contributed by atoms with Crippen molar-refractivity contribution in [2.45, 2.75) is 19.4 Å². The second-order valence-electron chi connectivity index (χ2n) is 5.50. The molecular weight excluding hydrogens is 323 g/mol. The highest BCUT2D eigenvalue weighted by Gasteiger charge is 2.20. The van der Waals surface area contributed by atoms with Gasteiger partial charge in [0.05, 0.1) is 6.54 Å². The van der Waals surface area contributed by atoms with E-state index in [2.05, 4.69) is 15.0 Å². The van der Waals surface area contributed by atoms with E-state index < -0.39 is 0 Å². The largest absolute Gasteiger partial charge is 0.338 e. The predicted octanol–water partition coefficient (Wildman–Crippen LogP) is 2.98. The zero-order valence-electron chi connectivity index (χ0n) is 12.2. The lowest BCUT2D eigenvalue weighted by Crippen LogP contribution is -2.37. The number of rotatable bonds is 4. The van der Waals surface area contributed by atoms with Gasteiger partial charge < -0.3 is 10.3 Å². The number of halogens is 2. The second-order valence-corrected chi connectivity index (χ2v) is 5.93. The minimum atomic E-state index is 0. The Kier molecular flexibility index (Phi) is 6.20. The molecule has 3 rings (SSSR count). The van der Waals surface area contributed by atoms with Crippen LogP contribution < -0.4 is 5.73 Å². The van der Waals surface area contributed by atoms with Gasteiger partial charge in [-0.3, -0.25) is 4.90 Å². The smallest absolute Gasteiger partial charge is 0.241 e. The number of benzene rings is 1. The molecule has 1 fully saturated rings. The molecule has 0 amide bonds. The van der Waals surface area contributed by atoms with Crippen LogP contribution in [-0.2, 0) is 6.54 Å². The number of hydrogen-bond donors (Lipinski definition) is 1. The zero-order valence-corrected chi connectivity index (χ0v) is 13.8. The molecule has 1 aliphatic heterocycles. The third-order valence-corrected chi connectivity index (χ3v) is 4.12. The maximum atomic E-state index is 5.88. The normalized spacial score (nSPS) is 18.9. The summed E-state index contributed by atoms with van der Waals surface area (Å²) in [5.41, 5.74) is 6.67. The second kappa shape index (κ2) is 7.92. The Hall–Kier alpha value is -1.14. The van der Waals surface area contributed by atoms with E-state index in [0.717, 1.165) is 25.2 Å². The summed E-state index contributed by atoms with van der Waals surface area (Å²) in [5.74, 6) is 1.84. The van der Waals surface area contributed by atoms with Crippen LogP contribution in [-0.4, -0.2) is 34.7 Å². The van der Waals surface area contributed by atoms with Gasteiger partial charge in [0.25, 0.3) is 0 Å². The van der Waals surface area contributed by atoms with Crippen LogP contribution in [0.15, 0.2) is 28.8 Å². The first kappa shape index (κ1) is 17.2. The quantitative estimate of drug-likeness (QED) is 0.924. The van der Waals surface area contributed by atoms with E-state index in [9.17, 15) is 0 Å². The molecule has 1 saturated heterocycles. The van der Waals surface area contributed by atoms with Crippen LogP contribution in [0.5, 0.6) is 0 Å². The molecule has 1 aromatic heterocycles. The first-order chi connectivity index (χ1) is 10.2. The molecule has 0 bridgehead atoms. The molecule has 2 aromatic rings. The third kappa shape index (κ3) is 4.20. The Morgan fingerprint density at radius 3 is 2.82 bits per heavy atom. The van der Waals surface area contributed by atoms with E-state index in [4.69, 9.17) is 21.9 Å². The lowest BCUT2D eigenvalue weighted by molar-refractivity contribution is 0.153. The van der Waals surface area contributed by atoms with Crippen LogP contribution in [0.4, 0.5) is 0 Å². The molecule has 0 radical (unpaired) electrons. The summed E-state index contributed by atoms with van der Waals surface area (Å²) in [6.45, 7) is 3.51. The summed E-state index contributed by atoms with van der Waals surface area (Å²) in [6, 6.07) is 7.43. The van der Waals surface area contributed by atoms with E-state index in [1.807, 2.05) is 24.3 Å². The maximum Gasteiger partial charge on any atom is 0.241 e. The Labute approximate surface area is 141 Å². The van der Waals surface area contributed by atoms with Crippen molar-refractivity contribution in [2.75, 3.05) is 19.6 Å². The Morgan fingerprint density at radius 2 is 2.09 bits per heavy atom. The molecule has 0 aliphatic carbocycles. The number of hydrogen-bond acceptors (Lipinski definition) is 5. The van der Waals surface area contributed by atoms with Crippen LogP contribution in [0.1, 0.15) is 18.7 Å². The number of nitrogens with two attached hydrogens (primary N) is 1. The van der Waals surface area contributed by atoms with Gasteiger partial charge >= 0.3 is 0 Å². The van der Waals surface area contributed by atoms with Crippen molar-refractivity contribution >= 4 is 24.0 Å². The first-order valence-electron chi connectivity index (χ1n) is 7.25. The number of aromatic nitrogens is 2. The van der Waals surface area contributed by atoms with Crippen molar-refractivity contribution in [1.82, 2.24) is 15.0 Å². The van der Waals surface area contributed by atoms with E-state index in [1.54, 1.807) is 0 Å². The average molecular weight is 343 g/mol. The van der Waals surface area contributed by atoms with Gasteiger partial charge in [0.2, 0.25) is 11.7 Å². The molecule has 1 aromatic carbocycles. The van der Waals surface area contributed by atoms with E-state index in [0.29, 0.717) is 29.2 Å². The fourth-order valence-corrected chi connectivity index (χ4v) is 2.84. The molecule has 2 N–H and O–H groups in total. The monoisotopic (exact) mass is 342 g/mol. The molecule has 2 heterocycles. The summed E-state index contributed by atoms with van der Waals surface area (Å²) in [6.07, 6.45) is 2.40. The molecule has 0 spiro atoms. The van der Waals surface area contributed by atoms with Gasteiger partial charge in [0.1, 0.15) is 0 Å². The molecule has 22 heavy (non-hydrogen) atoms. The minimum absolute atomic E-state index is 0. The Bertz CT molecular complexity index is 587. The fraction of sp³-hybridized carbons (Fsp3) is 0.467. The molecule has 0 saturated carbocycles. The van der Waals surface area contributed by atoms with Crippen molar-refractivity contribution in [3.8, 4) is 11.4 Å². The summed E-state index contributed by atoms with van der Waals surface area (Å²) < 4.78 is 5.35. The lowest BCUT2D eigenvalue weighted by Gasteiger charge is -2.30. The van der Waals surface area contributed by atoms with Crippen molar-refractivity contribution in [2.24, 2.45) is 11.7 Å². The van der Waals surface area contributed by atoms with E-state index in [1.165, 1.54) is 12.8 Å². The van der Waals surface area contributed by atoms with Crippen LogP contribution >= 0.6 is 24.0 Å². The SMILES string of the molecule is Cl.NCC1CCCN(Cc2nc(-c3ccc(Cl)cc3)no2)C1. The van der Waals surface area contributed by atoms with Crippen molar-refractivity contribution in [3.05, 3.63) is 35.2 Å². The van der Waals surface area contributed by atoms with Crippen molar-refractivity contribution in [1.29, 1.82) is 0 Å². The summed E-state index contributed by atoms with van der Waals surface area (Å²) >= 11 is 5.88. The van der Waals surface area contributed by atoms with E-state index >= 15 is 0 Å². The zero-order chi connectivity index (χ0) is 14.7. The van der Waals surface area contributed by atoms with Gasteiger partial charge in [-0.2, -0.15) is 4.98 Å². The number of likely N-dealkylation sites (tertiary alicyclic amines) is 1. The van der Waals surface area contributed by atoms with Crippen LogP contribution in [0, 0.1) is 5.92 Å². The highest BCUT2D eigenvalue weighted by Crippen LogP contribution is 2.21. The maximum absolute atomic E-state index is 5.88. The van der Waals surface area contributed by atoms with Gasteiger partial charge in [0, 0.05) is 17.1 Å². The number of piperidine rings is 1. The van der Waals surface area contributed by atoms with Gasteiger partial charge in [-0.25, -0.2) is 0 Å². The Morgan fingerprint density at radius 1 is 1.32 bits per heavy atom. The molecule has 1 unspecified atom stereocenters. The van der Waals surface area contributed by atoms with Crippen LogP contribution in [0.2, 0.25) is 5.02 Å².